The third kappa shape index (κ3) is 4.97. The number of aliphatic hydroxyl groups excluding tert-OH is 1. The third-order valence-corrected chi connectivity index (χ3v) is 4.11. The lowest BCUT2D eigenvalue weighted by molar-refractivity contribution is -0.918. The monoisotopic (exact) mass is 308 g/mol. The molecule has 2 N–H and O–H groups in total. The number of nitrogens with one attached hydrogen (secondary N) is 1. The van der Waals surface area contributed by atoms with Crippen molar-refractivity contribution in [1.29, 1.82) is 0 Å². The normalized spacial score (nSPS) is 26.9. The van der Waals surface area contributed by atoms with Crippen LogP contribution in [0.15, 0.2) is 24.3 Å². The Morgan fingerprint density at radius 1 is 1.23 bits per heavy atom. The van der Waals surface area contributed by atoms with Gasteiger partial charge in [-0.25, -0.2) is 0 Å². The molecule has 1 aromatic rings. The molecule has 0 radical (unpaired) electrons. The first-order valence-corrected chi connectivity index (χ1v) is 8.34. The molecule has 1 aliphatic heterocycles. The highest BCUT2D eigenvalue weighted by atomic mass is 16.5. The summed E-state index contributed by atoms with van der Waals surface area (Å²) in [5.41, 5.74) is 1.19. The van der Waals surface area contributed by atoms with Crippen LogP contribution in [0.25, 0.3) is 0 Å². The van der Waals surface area contributed by atoms with Crippen LogP contribution < -0.4 is 9.64 Å². The molecule has 0 amide bonds. The van der Waals surface area contributed by atoms with E-state index in [9.17, 15) is 5.11 Å². The maximum atomic E-state index is 10.3. The van der Waals surface area contributed by atoms with Gasteiger partial charge < -0.3 is 19.5 Å². The Bertz CT molecular complexity index is 453. The number of aliphatic hydroxyl groups is 1. The van der Waals surface area contributed by atoms with Gasteiger partial charge in [-0.1, -0.05) is 32.0 Å². The van der Waals surface area contributed by atoms with Gasteiger partial charge in [0.15, 0.2) is 0 Å². The first-order chi connectivity index (χ1) is 10.5. The quantitative estimate of drug-likeness (QED) is 0.831. The van der Waals surface area contributed by atoms with Crippen molar-refractivity contribution in [2.75, 3.05) is 26.2 Å². The zero-order chi connectivity index (χ0) is 16.1. The Hall–Kier alpha value is -1.10. The molecule has 1 aromatic carbocycles. The molecular weight excluding hydrogens is 278 g/mol. The number of hydrogen-bond acceptors (Lipinski definition) is 3. The first-order valence-electron chi connectivity index (χ1n) is 8.34. The molecule has 2 rings (SSSR count). The van der Waals surface area contributed by atoms with Crippen molar-refractivity contribution in [3.63, 3.8) is 0 Å². The smallest absolute Gasteiger partial charge is 0.137 e. The van der Waals surface area contributed by atoms with Crippen molar-refractivity contribution in [3.05, 3.63) is 29.8 Å². The molecule has 4 heteroatoms. The molecule has 1 fully saturated rings. The van der Waals surface area contributed by atoms with Crippen LogP contribution in [-0.4, -0.2) is 49.7 Å². The molecule has 1 saturated heterocycles. The summed E-state index contributed by atoms with van der Waals surface area (Å²) >= 11 is 0. The summed E-state index contributed by atoms with van der Waals surface area (Å²) in [6.07, 6.45) is 0.0646. The molecule has 0 saturated carbocycles. The average Bonchev–Trinajstić information content (AvgIpc) is 2.44. The molecule has 0 aliphatic carbocycles. The van der Waals surface area contributed by atoms with Gasteiger partial charge in [0.1, 0.15) is 50.3 Å². The van der Waals surface area contributed by atoms with Crippen LogP contribution in [0.4, 0.5) is 0 Å². The molecule has 4 nitrogen and oxygen atoms in total. The highest BCUT2D eigenvalue weighted by Gasteiger charge is 2.27. The van der Waals surface area contributed by atoms with Gasteiger partial charge in [0.05, 0.1) is 0 Å². The highest BCUT2D eigenvalue weighted by molar-refractivity contribution is 5.35. The number of para-hydroxylation sites is 1. The molecule has 1 unspecified atom stereocenters. The fraction of sp³-hybridized carbons (Fsp3) is 0.667. The number of quaternary nitrogens is 1. The maximum absolute atomic E-state index is 10.3. The number of ether oxygens (including phenoxy) is 2. The van der Waals surface area contributed by atoms with Crippen LogP contribution in [-0.2, 0) is 4.74 Å². The van der Waals surface area contributed by atoms with E-state index in [4.69, 9.17) is 9.47 Å². The molecule has 0 spiro atoms. The Morgan fingerprint density at radius 3 is 2.50 bits per heavy atom. The van der Waals surface area contributed by atoms with Crippen molar-refractivity contribution in [1.82, 2.24) is 0 Å². The average molecular weight is 308 g/mol. The maximum Gasteiger partial charge on any atom is 0.137 e. The molecule has 22 heavy (non-hydrogen) atoms. The van der Waals surface area contributed by atoms with Crippen molar-refractivity contribution >= 4 is 0 Å². The topological polar surface area (TPSA) is 43.1 Å². The zero-order valence-corrected chi connectivity index (χ0v) is 14.2. The molecule has 124 valence electrons. The van der Waals surface area contributed by atoms with Gasteiger partial charge in [-0.05, 0) is 31.4 Å². The summed E-state index contributed by atoms with van der Waals surface area (Å²) in [7, 11) is 0. The van der Waals surface area contributed by atoms with Crippen LogP contribution in [0, 0.1) is 0 Å². The van der Waals surface area contributed by atoms with E-state index in [1.807, 2.05) is 18.2 Å². The van der Waals surface area contributed by atoms with Crippen LogP contribution >= 0.6 is 0 Å². The van der Waals surface area contributed by atoms with E-state index >= 15 is 0 Å². The van der Waals surface area contributed by atoms with Gasteiger partial charge in [-0.2, -0.15) is 0 Å². The van der Waals surface area contributed by atoms with Crippen LogP contribution in [0.3, 0.4) is 0 Å². The zero-order valence-electron chi connectivity index (χ0n) is 14.2. The fourth-order valence-corrected chi connectivity index (χ4v) is 3.22. The van der Waals surface area contributed by atoms with Crippen LogP contribution in [0.5, 0.6) is 5.75 Å². The van der Waals surface area contributed by atoms with Crippen LogP contribution in [0.2, 0.25) is 0 Å². The second kappa shape index (κ2) is 7.95. The largest absolute Gasteiger partial charge is 0.490 e. The Morgan fingerprint density at radius 2 is 1.86 bits per heavy atom. The standard InChI is InChI=1S/C18H29NO3/c1-13(2)17-7-5-6-8-18(17)21-12-16(20)11-19-9-14(3)22-15(4)10-19/h5-8,13-16,20H,9-12H2,1-4H3/p+1/t14-,15+,16-/m0/s1. The first kappa shape index (κ1) is 17.3. The summed E-state index contributed by atoms with van der Waals surface area (Å²) in [6.45, 7) is 11.4. The lowest BCUT2D eigenvalue weighted by Gasteiger charge is -2.33. The van der Waals surface area contributed by atoms with Gasteiger partial charge in [-0.15, -0.1) is 0 Å². The SMILES string of the molecule is CC(C)c1ccccc1OC[C@@H](O)C[NH+]1C[C@@H](C)O[C@@H](C)C1. The molecule has 1 heterocycles. The van der Waals surface area contributed by atoms with E-state index < -0.39 is 6.10 Å². The summed E-state index contributed by atoms with van der Waals surface area (Å²) in [5.74, 6) is 1.30. The van der Waals surface area contributed by atoms with Crippen molar-refractivity contribution in [2.45, 2.75) is 51.9 Å². The lowest BCUT2D eigenvalue weighted by Crippen LogP contribution is -3.16. The van der Waals surface area contributed by atoms with Crippen molar-refractivity contribution < 1.29 is 19.5 Å². The van der Waals surface area contributed by atoms with E-state index in [1.165, 1.54) is 10.5 Å². The molecule has 0 aromatic heterocycles. The van der Waals surface area contributed by atoms with E-state index in [0.717, 1.165) is 18.8 Å². The van der Waals surface area contributed by atoms with E-state index in [0.29, 0.717) is 19.1 Å². The van der Waals surface area contributed by atoms with Gasteiger partial charge in [0, 0.05) is 0 Å². The molecule has 1 aliphatic rings. The Labute approximate surface area is 134 Å². The molecule has 0 bridgehead atoms. The van der Waals surface area contributed by atoms with Gasteiger partial charge in [0.2, 0.25) is 0 Å². The highest BCUT2D eigenvalue weighted by Crippen LogP contribution is 2.25. The number of hydrogen-bond donors (Lipinski definition) is 2. The van der Waals surface area contributed by atoms with Gasteiger partial charge in [-0.3, -0.25) is 0 Å². The minimum Gasteiger partial charge on any atom is -0.490 e. The van der Waals surface area contributed by atoms with Crippen LogP contribution in [0.1, 0.15) is 39.2 Å². The second-order valence-corrected chi connectivity index (χ2v) is 6.78. The fourth-order valence-electron chi connectivity index (χ4n) is 3.22. The second-order valence-electron chi connectivity index (χ2n) is 6.78. The molecule has 4 atom stereocenters. The third-order valence-electron chi connectivity index (χ3n) is 4.11. The number of rotatable bonds is 6. The Kier molecular flexibility index (Phi) is 6.24. The van der Waals surface area contributed by atoms with E-state index in [2.05, 4.69) is 33.8 Å². The lowest BCUT2D eigenvalue weighted by atomic mass is 10.0. The van der Waals surface area contributed by atoms with Gasteiger partial charge in [0.25, 0.3) is 0 Å². The summed E-state index contributed by atoms with van der Waals surface area (Å²) in [5, 5.41) is 10.3. The predicted octanol–water partition coefficient (Wildman–Crippen LogP) is 1.24. The minimum absolute atomic E-state index is 0.258. The van der Waals surface area contributed by atoms with Crippen molar-refractivity contribution in [3.8, 4) is 5.75 Å². The summed E-state index contributed by atoms with van der Waals surface area (Å²) in [6, 6.07) is 8.07. The number of morpholine rings is 1. The predicted molar refractivity (Wildman–Crippen MR) is 87.6 cm³/mol. The Balaban J connectivity index is 1.84. The van der Waals surface area contributed by atoms with E-state index in [-0.39, 0.29) is 12.2 Å². The van der Waals surface area contributed by atoms with E-state index in [1.54, 1.807) is 0 Å². The summed E-state index contributed by atoms with van der Waals surface area (Å²) < 4.78 is 11.6. The van der Waals surface area contributed by atoms with Crippen molar-refractivity contribution in [2.24, 2.45) is 0 Å². The number of benzene rings is 1. The van der Waals surface area contributed by atoms with Gasteiger partial charge >= 0.3 is 0 Å². The minimum atomic E-state index is -0.451. The molecular formula is C18H30NO3+. The summed E-state index contributed by atoms with van der Waals surface area (Å²) in [4.78, 5) is 1.39.